The van der Waals surface area contributed by atoms with Crippen LogP contribution in [-0.4, -0.2) is 68.3 Å². The number of hydrogen-bond donors (Lipinski definition) is 2. The number of rotatable bonds is 6. The maximum Gasteiger partial charge on any atom is 0.434 e. The number of guanidine groups is 1. The molecule has 2 fully saturated rings. The van der Waals surface area contributed by atoms with Crippen molar-refractivity contribution in [3.63, 3.8) is 0 Å². The molecule has 3 rings (SSSR count). The van der Waals surface area contributed by atoms with Crippen molar-refractivity contribution in [2.24, 2.45) is 10.9 Å². The molecule has 2 N–H and O–H groups in total. The third-order valence-electron chi connectivity index (χ3n) is 5.17. The number of nitrogens with one attached hydrogen (secondary N) is 2. The molecule has 0 saturated carbocycles. The lowest BCUT2D eigenvalue weighted by Gasteiger charge is -2.34. The lowest BCUT2D eigenvalue weighted by molar-refractivity contribution is -0.140. The van der Waals surface area contributed by atoms with E-state index in [9.17, 15) is 13.2 Å². The molecule has 0 aliphatic carbocycles. The Morgan fingerprint density at radius 2 is 2.14 bits per heavy atom. The van der Waals surface area contributed by atoms with Crippen LogP contribution in [0, 0.1) is 5.92 Å². The summed E-state index contributed by atoms with van der Waals surface area (Å²) in [7, 11) is 1.70. The number of thiazole rings is 1. The molecule has 2 aliphatic rings. The molecule has 0 spiro atoms. The first-order chi connectivity index (χ1) is 13.4. The van der Waals surface area contributed by atoms with Crippen LogP contribution in [0.15, 0.2) is 10.4 Å². The molecule has 28 heavy (non-hydrogen) atoms. The molecular formula is C18H28F3N5OS. The van der Waals surface area contributed by atoms with Crippen molar-refractivity contribution in [1.29, 1.82) is 0 Å². The molecule has 2 aliphatic heterocycles. The predicted molar refractivity (Wildman–Crippen MR) is 104 cm³/mol. The summed E-state index contributed by atoms with van der Waals surface area (Å²) in [6.45, 7) is 5.51. The number of piperidine rings is 1. The maximum atomic E-state index is 12.6. The summed E-state index contributed by atoms with van der Waals surface area (Å²) in [6.07, 6.45) is -0.674. The van der Waals surface area contributed by atoms with Crippen molar-refractivity contribution in [3.05, 3.63) is 16.1 Å². The van der Waals surface area contributed by atoms with Gasteiger partial charge in [-0.25, -0.2) is 4.98 Å². The first kappa shape index (κ1) is 21.3. The van der Waals surface area contributed by atoms with Gasteiger partial charge in [-0.15, -0.1) is 11.3 Å². The molecule has 2 saturated heterocycles. The summed E-state index contributed by atoms with van der Waals surface area (Å²) >= 11 is 1.04. The van der Waals surface area contributed by atoms with Crippen molar-refractivity contribution >= 4 is 17.3 Å². The number of alkyl halides is 3. The van der Waals surface area contributed by atoms with E-state index in [1.807, 2.05) is 0 Å². The van der Waals surface area contributed by atoms with Gasteiger partial charge >= 0.3 is 6.18 Å². The summed E-state index contributed by atoms with van der Waals surface area (Å²) in [5.41, 5.74) is -0.814. The molecule has 6 nitrogen and oxygen atoms in total. The maximum absolute atomic E-state index is 12.6. The van der Waals surface area contributed by atoms with Crippen molar-refractivity contribution in [3.8, 4) is 0 Å². The summed E-state index contributed by atoms with van der Waals surface area (Å²) < 4.78 is 43.2. The SMILES string of the molecule is CN=C(NCCc1nc(C(F)(F)F)cs1)NC1CCN(CC2CCOC2)CC1. The van der Waals surface area contributed by atoms with E-state index < -0.39 is 11.9 Å². The average molecular weight is 420 g/mol. The number of hydrogen-bond acceptors (Lipinski definition) is 5. The molecule has 1 aromatic heterocycles. The fourth-order valence-corrected chi connectivity index (χ4v) is 4.39. The Balaban J connectivity index is 1.35. The number of ether oxygens (including phenoxy) is 1. The van der Waals surface area contributed by atoms with E-state index in [0.717, 1.165) is 68.8 Å². The molecule has 1 aromatic rings. The fraction of sp³-hybridized carbons (Fsp3) is 0.778. The van der Waals surface area contributed by atoms with Crippen LogP contribution in [0.1, 0.15) is 30.0 Å². The van der Waals surface area contributed by atoms with Gasteiger partial charge in [-0.1, -0.05) is 0 Å². The van der Waals surface area contributed by atoms with Crippen LogP contribution in [0.5, 0.6) is 0 Å². The van der Waals surface area contributed by atoms with Crippen LogP contribution >= 0.6 is 11.3 Å². The van der Waals surface area contributed by atoms with E-state index >= 15 is 0 Å². The number of aliphatic imine (C=N–C) groups is 1. The topological polar surface area (TPSA) is 61.8 Å². The summed E-state index contributed by atoms with van der Waals surface area (Å²) in [5, 5.41) is 8.14. The largest absolute Gasteiger partial charge is 0.434 e. The smallest absolute Gasteiger partial charge is 0.381 e. The number of nitrogens with zero attached hydrogens (tertiary/aromatic N) is 3. The van der Waals surface area contributed by atoms with E-state index in [1.165, 1.54) is 0 Å². The minimum Gasteiger partial charge on any atom is -0.381 e. The normalized spacial score (nSPS) is 22.6. The van der Waals surface area contributed by atoms with Gasteiger partial charge in [0.2, 0.25) is 0 Å². The molecule has 158 valence electrons. The van der Waals surface area contributed by atoms with Gasteiger partial charge in [-0.2, -0.15) is 13.2 Å². The minimum absolute atomic E-state index is 0.360. The summed E-state index contributed by atoms with van der Waals surface area (Å²) in [5.74, 6) is 1.36. The third kappa shape index (κ3) is 6.31. The Morgan fingerprint density at radius 1 is 1.36 bits per heavy atom. The van der Waals surface area contributed by atoms with Crippen molar-refractivity contribution in [1.82, 2.24) is 20.5 Å². The second-order valence-electron chi connectivity index (χ2n) is 7.32. The van der Waals surface area contributed by atoms with Crippen molar-refractivity contribution in [2.45, 2.75) is 37.9 Å². The molecule has 1 atom stereocenters. The lowest BCUT2D eigenvalue weighted by Crippen LogP contribution is -2.49. The Kier molecular flexibility index (Phi) is 7.53. The van der Waals surface area contributed by atoms with Gasteiger partial charge < -0.3 is 20.3 Å². The van der Waals surface area contributed by atoms with Crippen LogP contribution in [0.3, 0.4) is 0 Å². The standard InChI is InChI=1S/C18H28F3N5OS/c1-22-17(23-6-2-16-25-15(12-28-16)18(19,20)21)24-14-3-7-26(8-4-14)10-13-5-9-27-11-13/h12-14H,2-11H2,1H3,(H2,22,23,24). The zero-order valence-electron chi connectivity index (χ0n) is 16.1. The van der Waals surface area contributed by atoms with Crippen molar-refractivity contribution < 1.29 is 17.9 Å². The van der Waals surface area contributed by atoms with Crippen LogP contribution < -0.4 is 10.6 Å². The molecule has 10 heteroatoms. The Morgan fingerprint density at radius 3 is 2.75 bits per heavy atom. The van der Waals surface area contributed by atoms with Gasteiger partial charge in [0.15, 0.2) is 11.7 Å². The number of aromatic nitrogens is 1. The van der Waals surface area contributed by atoms with Gasteiger partial charge in [0.25, 0.3) is 0 Å². The third-order valence-corrected chi connectivity index (χ3v) is 6.07. The van der Waals surface area contributed by atoms with E-state index in [1.54, 1.807) is 7.05 Å². The zero-order chi connectivity index (χ0) is 20.0. The highest BCUT2D eigenvalue weighted by atomic mass is 32.1. The Bertz CT molecular complexity index is 637. The molecular weight excluding hydrogens is 391 g/mol. The highest BCUT2D eigenvalue weighted by Gasteiger charge is 2.33. The number of likely N-dealkylation sites (tertiary alicyclic amines) is 1. The number of halogens is 3. The van der Waals surface area contributed by atoms with Crippen LogP contribution in [0.25, 0.3) is 0 Å². The van der Waals surface area contributed by atoms with Gasteiger partial charge in [0, 0.05) is 57.7 Å². The van der Waals surface area contributed by atoms with E-state index in [0.29, 0.717) is 35.9 Å². The second-order valence-corrected chi connectivity index (χ2v) is 8.26. The molecule has 3 heterocycles. The summed E-state index contributed by atoms with van der Waals surface area (Å²) in [4.78, 5) is 10.4. The van der Waals surface area contributed by atoms with Gasteiger partial charge in [0.1, 0.15) is 0 Å². The van der Waals surface area contributed by atoms with E-state index in [2.05, 4.69) is 25.5 Å². The van der Waals surface area contributed by atoms with E-state index in [-0.39, 0.29) is 0 Å². The quantitative estimate of drug-likeness (QED) is 0.548. The molecule has 1 unspecified atom stereocenters. The van der Waals surface area contributed by atoms with Gasteiger partial charge in [-0.05, 0) is 25.2 Å². The van der Waals surface area contributed by atoms with Crippen molar-refractivity contribution in [2.75, 3.05) is 46.4 Å². The fourth-order valence-electron chi connectivity index (χ4n) is 3.58. The minimum atomic E-state index is -4.38. The van der Waals surface area contributed by atoms with Gasteiger partial charge in [-0.3, -0.25) is 4.99 Å². The van der Waals surface area contributed by atoms with E-state index in [4.69, 9.17) is 4.74 Å². The highest BCUT2D eigenvalue weighted by molar-refractivity contribution is 7.09. The predicted octanol–water partition coefficient (Wildman–Crippen LogP) is 2.37. The Hall–Kier alpha value is -1.39. The average Bonchev–Trinajstić information content (AvgIpc) is 3.34. The molecule has 0 aromatic carbocycles. The lowest BCUT2D eigenvalue weighted by atomic mass is 10.0. The molecule has 0 radical (unpaired) electrons. The molecule has 0 bridgehead atoms. The van der Waals surface area contributed by atoms with Crippen LogP contribution in [0.4, 0.5) is 13.2 Å². The van der Waals surface area contributed by atoms with Crippen LogP contribution in [0.2, 0.25) is 0 Å². The first-order valence-corrected chi connectivity index (χ1v) is 10.6. The highest BCUT2D eigenvalue weighted by Crippen LogP contribution is 2.30. The molecule has 0 amide bonds. The summed E-state index contributed by atoms with van der Waals surface area (Å²) in [6, 6.07) is 0.360. The second kappa shape index (κ2) is 9.89. The zero-order valence-corrected chi connectivity index (χ0v) is 16.9. The first-order valence-electron chi connectivity index (χ1n) is 9.73. The Labute approximate surface area is 167 Å². The monoisotopic (exact) mass is 419 g/mol. The van der Waals surface area contributed by atoms with Crippen LogP contribution in [-0.2, 0) is 17.3 Å². The van der Waals surface area contributed by atoms with Gasteiger partial charge in [0.05, 0.1) is 11.6 Å².